The van der Waals surface area contributed by atoms with Gasteiger partial charge in [0, 0.05) is 19.9 Å². The summed E-state index contributed by atoms with van der Waals surface area (Å²) in [7, 11) is 0. The van der Waals surface area contributed by atoms with E-state index in [-0.39, 0.29) is 37.2 Å². The third-order valence-corrected chi connectivity index (χ3v) is 3.73. The van der Waals surface area contributed by atoms with Crippen LogP contribution in [0.25, 0.3) is 0 Å². The minimum Gasteiger partial charge on any atom is -0.481 e. The molecule has 1 fully saturated rings. The molecular weight excluding hydrogens is 300 g/mol. The number of carbonyl (C=O) groups is 3. The van der Waals surface area contributed by atoms with Crippen molar-refractivity contribution in [3.63, 3.8) is 0 Å². The van der Waals surface area contributed by atoms with E-state index in [4.69, 9.17) is 5.11 Å². The van der Waals surface area contributed by atoms with Crippen LogP contribution < -0.4 is 5.32 Å². The fourth-order valence-corrected chi connectivity index (χ4v) is 2.62. The fourth-order valence-electron chi connectivity index (χ4n) is 2.62. The lowest BCUT2D eigenvalue weighted by Crippen LogP contribution is -2.29. The van der Waals surface area contributed by atoms with Crippen LogP contribution >= 0.6 is 0 Å². The quantitative estimate of drug-likeness (QED) is 0.795. The molecule has 2 rings (SSSR count). The third kappa shape index (κ3) is 4.73. The van der Waals surface area contributed by atoms with Crippen LogP contribution in [-0.2, 0) is 20.9 Å². The first-order valence-electron chi connectivity index (χ1n) is 7.54. The van der Waals surface area contributed by atoms with Crippen molar-refractivity contribution in [2.75, 3.05) is 6.54 Å². The maximum atomic E-state index is 11.6. The van der Waals surface area contributed by atoms with Gasteiger partial charge in [-0.1, -0.05) is 0 Å². The molecule has 1 atom stereocenters. The number of aliphatic carboxylic acids is 1. The van der Waals surface area contributed by atoms with E-state index in [1.54, 1.807) is 17.3 Å². The number of nitrogens with one attached hydrogen (secondary N) is 1. The molecule has 124 valence electrons. The maximum absolute atomic E-state index is 11.6. The van der Waals surface area contributed by atoms with Crippen molar-refractivity contribution in [3.8, 4) is 0 Å². The fraction of sp³-hybridized carbons (Fsp3) is 0.533. The van der Waals surface area contributed by atoms with Crippen molar-refractivity contribution >= 4 is 17.8 Å². The highest BCUT2D eigenvalue weighted by Gasteiger charge is 2.29. The van der Waals surface area contributed by atoms with Crippen molar-refractivity contribution in [2.45, 2.75) is 45.2 Å². The van der Waals surface area contributed by atoms with E-state index in [1.165, 1.54) is 6.92 Å². The summed E-state index contributed by atoms with van der Waals surface area (Å²) in [6.07, 6.45) is 4.71. The number of rotatable bonds is 6. The van der Waals surface area contributed by atoms with Gasteiger partial charge in [-0.25, -0.2) is 0 Å². The van der Waals surface area contributed by atoms with Crippen molar-refractivity contribution in [2.24, 2.45) is 0 Å². The highest BCUT2D eigenvalue weighted by molar-refractivity contribution is 5.80. The van der Waals surface area contributed by atoms with Crippen LogP contribution in [0, 0.1) is 0 Å². The lowest BCUT2D eigenvalue weighted by Gasteiger charge is -2.22. The van der Waals surface area contributed by atoms with Crippen molar-refractivity contribution < 1.29 is 19.5 Å². The zero-order chi connectivity index (χ0) is 16.8. The number of carboxylic acid groups (broad SMARTS) is 1. The van der Waals surface area contributed by atoms with Crippen LogP contribution in [0.5, 0.6) is 0 Å². The lowest BCUT2D eigenvalue weighted by molar-refractivity contribution is -0.138. The number of carbonyl (C=O) groups excluding carboxylic acids is 2. The molecule has 1 unspecified atom stereocenters. The zero-order valence-electron chi connectivity index (χ0n) is 13.0. The van der Waals surface area contributed by atoms with Crippen LogP contribution in [0.4, 0.5) is 0 Å². The van der Waals surface area contributed by atoms with Crippen molar-refractivity contribution in [3.05, 3.63) is 23.8 Å². The van der Waals surface area contributed by atoms with E-state index in [9.17, 15) is 14.4 Å². The number of hydrogen-bond acceptors (Lipinski definition) is 5. The van der Waals surface area contributed by atoms with E-state index in [2.05, 4.69) is 15.3 Å². The first kappa shape index (κ1) is 16.9. The Kier molecular flexibility index (Phi) is 5.61. The Morgan fingerprint density at radius 1 is 1.35 bits per heavy atom. The van der Waals surface area contributed by atoms with E-state index < -0.39 is 5.97 Å². The van der Waals surface area contributed by atoms with Crippen LogP contribution in [0.15, 0.2) is 12.4 Å². The molecule has 0 spiro atoms. The van der Waals surface area contributed by atoms with Crippen LogP contribution in [0.3, 0.4) is 0 Å². The monoisotopic (exact) mass is 320 g/mol. The molecule has 1 saturated heterocycles. The topological polar surface area (TPSA) is 112 Å². The van der Waals surface area contributed by atoms with Gasteiger partial charge in [-0.2, -0.15) is 0 Å². The molecule has 0 aliphatic carbocycles. The van der Waals surface area contributed by atoms with Gasteiger partial charge in [-0.15, -0.1) is 0 Å². The number of carboxylic acids is 1. The smallest absolute Gasteiger partial charge is 0.303 e. The van der Waals surface area contributed by atoms with E-state index in [0.29, 0.717) is 5.69 Å². The van der Waals surface area contributed by atoms with Gasteiger partial charge in [0.15, 0.2) is 0 Å². The minimum atomic E-state index is -1.01. The summed E-state index contributed by atoms with van der Waals surface area (Å²) in [6, 6.07) is -0.0670. The molecule has 1 aromatic heterocycles. The number of hydrogen-bond donors (Lipinski definition) is 2. The SMILES string of the molecule is CC(=O)N1CCCC1c1cncc(CNC(=O)CCC(=O)O)n1. The summed E-state index contributed by atoms with van der Waals surface area (Å²) in [5.41, 5.74) is 1.30. The normalized spacial score (nSPS) is 17.1. The van der Waals surface area contributed by atoms with Crippen LogP contribution in [0.1, 0.15) is 50.0 Å². The predicted octanol–water partition coefficient (Wildman–Crippen LogP) is 0.641. The largest absolute Gasteiger partial charge is 0.481 e. The van der Waals surface area contributed by atoms with Gasteiger partial charge in [0.05, 0.1) is 42.8 Å². The molecule has 0 radical (unpaired) electrons. The molecular formula is C15H20N4O4. The van der Waals surface area contributed by atoms with Crippen molar-refractivity contribution in [1.82, 2.24) is 20.2 Å². The number of nitrogens with zero attached hydrogens (tertiary/aromatic N) is 3. The Hall–Kier alpha value is -2.51. The predicted molar refractivity (Wildman–Crippen MR) is 80.1 cm³/mol. The second-order valence-corrected chi connectivity index (χ2v) is 5.48. The Labute approximate surface area is 133 Å². The van der Waals surface area contributed by atoms with Gasteiger partial charge in [0.25, 0.3) is 0 Å². The Morgan fingerprint density at radius 2 is 2.13 bits per heavy atom. The first-order chi connectivity index (χ1) is 11.0. The number of amides is 2. The standard InChI is InChI=1S/C15H20N4O4/c1-10(20)19-6-2-3-13(19)12-9-16-7-11(18-12)8-17-14(21)4-5-15(22)23/h7,9,13H,2-6,8H2,1H3,(H,17,21)(H,22,23). The Balaban J connectivity index is 1.96. The molecule has 1 aliphatic heterocycles. The van der Waals surface area contributed by atoms with Gasteiger partial charge in [-0.05, 0) is 12.8 Å². The van der Waals surface area contributed by atoms with Gasteiger partial charge in [0.1, 0.15) is 0 Å². The second kappa shape index (κ2) is 7.66. The lowest BCUT2D eigenvalue weighted by atomic mass is 10.1. The third-order valence-electron chi connectivity index (χ3n) is 3.73. The molecule has 0 saturated carbocycles. The average molecular weight is 320 g/mol. The first-order valence-corrected chi connectivity index (χ1v) is 7.54. The summed E-state index contributed by atoms with van der Waals surface area (Å²) in [6.45, 7) is 2.45. The van der Waals surface area contributed by atoms with Gasteiger partial charge in [-0.3, -0.25) is 24.4 Å². The molecule has 8 heteroatoms. The zero-order valence-corrected chi connectivity index (χ0v) is 13.0. The summed E-state index contributed by atoms with van der Waals surface area (Å²) >= 11 is 0. The molecule has 0 bridgehead atoms. The molecule has 23 heavy (non-hydrogen) atoms. The Bertz CT molecular complexity index is 605. The van der Waals surface area contributed by atoms with Gasteiger partial charge in [0.2, 0.25) is 11.8 Å². The summed E-state index contributed by atoms with van der Waals surface area (Å²) in [4.78, 5) is 44.0. The molecule has 0 aromatic carbocycles. The van der Waals surface area contributed by atoms with Gasteiger partial charge >= 0.3 is 5.97 Å². The Morgan fingerprint density at radius 3 is 2.83 bits per heavy atom. The molecule has 1 aliphatic rings. The van der Waals surface area contributed by atoms with Crippen molar-refractivity contribution in [1.29, 1.82) is 0 Å². The van der Waals surface area contributed by atoms with Gasteiger partial charge < -0.3 is 15.3 Å². The molecule has 1 aromatic rings. The highest BCUT2D eigenvalue weighted by atomic mass is 16.4. The summed E-state index contributed by atoms with van der Waals surface area (Å²) < 4.78 is 0. The summed E-state index contributed by atoms with van der Waals surface area (Å²) in [5, 5.41) is 11.2. The maximum Gasteiger partial charge on any atom is 0.303 e. The summed E-state index contributed by atoms with van der Waals surface area (Å²) in [5.74, 6) is -1.33. The van der Waals surface area contributed by atoms with Crippen LogP contribution in [0.2, 0.25) is 0 Å². The molecule has 8 nitrogen and oxygen atoms in total. The molecule has 2 heterocycles. The minimum absolute atomic E-state index is 0.0154. The average Bonchev–Trinajstić information content (AvgIpc) is 3.01. The van der Waals surface area contributed by atoms with E-state index >= 15 is 0 Å². The second-order valence-electron chi connectivity index (χ2n) is 5.48. The number of aromatic nitrogens is 2. The highest BCUT2D eigenvalue weighted by Crippen LogP contribution is 2.30. The van der Waals surface area contributed by atoms with E-state index in [0.717, 1.165) is 25.1 Å². The van der Waals surface area contributed by atoms with Crippen LogP contribution in [-0.4, -0.2) is 44.3 Å². The molecule has 2 amide bonds. The molecule has 2 N–H and O–H groups in total. The van der Waals surface area contributed by atoms with E-state index in [1.807, 2.05) is 0 Å². The number of likely N-dealkylation sites (tertiary alicyclic amines) is 1.